The Morgan fingerprint density at radius 1 is 1.05 bits per heavy atom. The monoisotopic (exact) mass is 333 g/mol. The summed E-state index contributed by atoms with van der Waals surface area (Å²) in [5, 5.41) is 0.577. The maximum atomic E-state index is 12.3. The summed E-state index contributed by atoms with van der Waals surface area (Å²) < 4.78 is 59.2. The normalized spacial score (nSPS) is 11.5. The topological polar surface area (TPSA) is 47.0 Å². The highest BCUT2D eigenvalue weighted by atomic mass is 35.5. The highest BCUT2D eigenvalue weighted by molar-refractivity contribution is 7.92. The number of sulfone groups is 1. The smallest absolute Gasteiger partial charge is 0.256 e. The second-order valence-electron chi connectivity index (χ2n) is 3.31. The Morgan fingerprint density at radius 2 is 1.68 bits per heavy atom. The van der Waals surface area contributed by atoms with Crippen molar-refractivity contribution in [3.8, 4) is 0 Å². The van der Waals surface area contributed by atoms with Crippen LogP contribution in [0, 0.1) is 0 Å². The molecule has 3 nitrogen and oxygen atoms in total. The number of benzene rings is 1. The van der Waals surface area contributed by atoms with Crippen LogP contribution in [0.4, 0.5) is 13.2 Å². The SMILES string of the molecule is Cl.Cl.O=S(=O)(c1ccc2cccnc2c1)C(F)(F)F. The van der Waals surface area contributed by atoms with Crippen LogP contribution in [0.5, 0.6) is 0 Å². The molecule has 1 aromatic heterocycles. The molecular formula is C10H8Cl2F3NO2S. The molecule has 0 fully saturated rings. The van der Waals surface area contributed by atoms with E-state index in [1.807, 2.05) is 0 Å². The molecule has 2 aromatic rings. The number of fused-ring (bicyclic) bond motifs is 1. The van der Waals surface area contributed by atoms with E-state index in [0.717, 1.165) is 12.1 Å². The predicted molar refractivity (Wildman–Crippen MR) is 69.5 cm³/mol. The summed E-state index contributed by atoms with van der Waals surface area (Å²) in [6, 6.07) is 6.37. The van der Waals surface area contributed by atoms with E-state index in [-0.39, 0.29) is 30.3 Å². The van der Waals surface area contributed by atoms with Gasteiger partial charge in [-0.15, -0.1) is 24.8 Å². The molecule has 2 rings (SSSR count). The minimum atomic E-state index is -5.31. The Morgan fingerprint density at radius 3 is 2.26 bits per heavy atom. The van der Waals surface area contributed by atoms with Gasteiger partial charge >= 0.3 is 5.51 Å². The van der Waals surface area contributed by atoms with Crippen LogP contribution < -0.4 is 0 Å². The van der Waals surface area contributed by atoms with Gasteiger partial charge in [0, 0.05) is 11.6 Å². The van der Waals surface area contributed by atoms with Gasteiger partial charge in [-0.2, -0.15) is 13.2 Å². The van der Waals surface area contributed by atoms with Crippen LogP contribution in [0.1, 0.15) is 0 Å². The van der Waals surface area contributed by atoms with Gasteiger partial charge in [-0.05, 0) is 18.2 Å². The Hall–Kier alpha value is -1.05. The van der Waals surface area contributed by atoms with Crippen molar-refractivity contribution in [2.24, 2.45) is 0 Å². The fourth-order valence-corrected chi connectivity index (χ4v) is 2.13. The number of alkyl halides is 3. The van der Waals surface area contributed by atoms with Crippen molar-refractivity contribution < 1.29 is 21.6 Å². The number of aromatic nitrogens is 1. The minimum absolute atomic E-state index is 0. The predicted octanol–water partition coefficient (Wildman–Crippen LogP) is 3.37. The van der Waals surface area contributed by atoms with Gasteiger partial charge in [0.2, 0.25) is 0 Å². The molecule has 9 heteroatoms. The Labute approximate surface area is 119 Å². The van der Waals surface area contributed by atoms with Crippen LogP contribution in [-0.2, 0) is 9.84 Å². The minimum Gasteiger partial charge on any atom is -0.256 e. The van der Waals surface area contributed by atoms with Gasteiger partial charge in [-0.1, -0.05) is 12.1 Å². The van der Waals surface area contributed by atoms with Crippen molar-refractivity contribution in [3.05, 3.63) is 36.5 Å². The zero-order valence-corrected chi connectivity index (χ0v) is 11.5. The Bertz CT molecular complexity index is 674. The Balaban J connectivity index is 0.00000162. The first-order valence-corrected chi connectivity index (χ1v) is 5.97. The van der Waals surface area contributed by atoms with Crippen molar-refractivity contribution >= 4 is 45.6 Å². The third-order valence-corrected chi connectivity index (χ3v) is 3.68. The van der Waals surface area contributed by atoms with Gasteiger partial charge in [0.15, 0.2) is 0 Å². The summed E-state index contributed by atoms with van der Waals surface area (Å²) in [4.78, 5) is 3.01. The average Bonchev–Trinajstić information content (AvgIpc) is 2.27. The van der Waals surface area contributed by atoms with E-state index < -0.39 is 20.2 Å². The van der Waals surface area contributed by atoms with Crippen molar-refractivity contribution in [1.29, 1.82) is 0 Å². The third kappa shape index (κ3) is 3.29. The fourth-order valence-electron chi connectivity index (χ4n) is 1.35. The first-order chi connectivity index (χ1) is 7.82. The molecule has 0 atom stereocenters. The van der Waals surface area contributed by atoms with Crippen LogP contribution >= 0.6 is 24.8 Å². The number of nitrogens with zero attached hydrogens (tertiary/aromatic N) is 1. The summed E-state index contributed by atoms with van der Waals surface area (Å²) in [6.07, 6.45) is 1.38. The summed E-state index contributed by atoms with van der Waals surface area (Å²) >= 11 is 0. The molecule has 0 radical (unpaired) electrons. The number of hydrogen-bond donors (Lipinski definition) is 0. The molecule has 0 saturated carbocycles. The summed E-state index contributed by atoms with van der Waals surface area (Å²) in [6.45, 7) is 0. The highest BCUT2D eigenvalue weighted by Gasteiger charge is 2.46. The lowest BCUT2D eigenvalue weighted by Crippen LogP contribution is -2.23. The zero-order chi connectivity index (χ0) is 12.7. The molecule has 0 unspecified atom stereocenters. The van der Waals surface area contributed by atoms with E-state index in [0.29, 0.717) is 5.39 Å². The van der Waals surface area contributed by atoms with E-state index in [4.69, 9.17) is 0 Å². The molecule has 0 aliphatic carbocycles. The number of hydrogen-bond acceptors (Lipinski definition) is 3. The number of halogens is 5. The van der Waals surface area contributed by atoms with Gasteiger partial charge < -0.3 is 0 Å². The molecule has 1 aromatic carbocycles. The van der Waals surface area contributed by atoms with Crippen LogP contribution in [0.15, 0.2) is 41.4 Å². The molecule has 0 aliphatic heterocycles. The van der Waals surface area contributed by atoms with Crippen molar-refractivity contribution in [1.82, 2.24) is 4.98 Å². The quantitative estimate of drug-likeness (QED) is 0.803. The van der Waals surface area contributed by atoms with Crippen molar-refractivity contribution in [2.45, 2.75) is 10.4 Å². The molecule has 1 heterocycles. The van der Waals surface area contributed by atoms with Gasteiger partial charge in [0.25, 0.3) is 9.84 Å². The van der Waals surface area contributed by atoms with Gasteiger partial charge in [0.1, 0.15) is 0 Å². The zero-order valence-electron chi connectivity index (χ0n) is 9.09. The standard InChI is InChI=1S/C10H6F3NO2S.2ClH/c11-10(12,13)17(15,16)8-4-3-7-2-1-5-14-9(7)6-8;;/h1-6H;2*1H. The van der Waals surface area contributed by atoms with E-state index in [9.17, 15) is 21.6 Å². The number of rotatable bonds is 1. The molecule has 106 valence electrons. The Kier molecular flexibility index (Phi) is 5.61. The van der Waals surface area contributed by atoms with E-state index >= 15 is 0 Å². The van der Waals surface area contributed by atoms with Crippen LogP contribution in [0.25, 0.3) is 10.9 Å². The first kappa shape index (κ1) is 17.9. The largest absolute Gasteiger partial charge is 0.501 e. The number of pyridine rings is 1. The second-order valence-corrected chi connectivity index (χ2v) is 5.25. The van der Waals surface area contributed by atoms with E-state index in [2.05, 4.69) is 4.98 Å². The first-order valence-electron chi connectivity index (χ1n) is 4.48. The summed E-state index contributed by atoms with van der Waals surface area (Å²) in [5.41, 5.74) is -5.09. The van der Waals surface area contributed by atoms with E-state index in [1.54, 1.807) is 12.1 Å². The van der Waals surface area contributed by atoms with Crippen molar-refractivity contribution in [2.75, 3.05) is 0 Å². The van der Waals surface area contributed by atoms with Crippen molar-refractivity contribution in [3.63, 3.8) is 0 Å². The van der Waals surface area contributed by atoms with Gasteiger partial charge in [0.05, 0.1) is 10.4 Å². The van der Waals surface area contributed by atoms with Crippen LogP contribution in [0.2, 0.25) is 0 Å². The lowest BCUT2D eigenvalue weighted by molar-refractivity contribution is -0.0435. The lowest BCUT2D eigenvalue weighted by Gasteiger charge is -2.08. The molecular weight excluding hydrogens is 326 g/mol. The summed E-state index contributed by atoms with van der Waals surface area (Å²) in [7, 11) is -5.31. The maximum absolute atomic E-state index is 12.3. The molecule has 0 amide bonds. The molecule has 0 spiro atoms. The lowest BCUT2D eigenvalue weighted by atomic mass is 10.2. The second kappa shape index (κ2) is 5.94. The maximum Gasteiger partial charge on any atom is 0.501 e. The van der Waals surface area contributed by atoms with Gasteiger partial charge in [-0.25, -0.2) is 8.42 Å². The molecule has 19 heavy (non-hydrogen) atoms. The van der Waals surface area contributed by atoms with E-state index in [1.165, 1.54) is 12.3 Å². The molecule has 0 bridgehead atoms. The highest BCUT2D eigenvalue weighted by Crippen LogP contribution is 2.31. The van der Waals surface area contributed by atoms with Crippen LogP contribution in [-0.4, -0.2) is 18.9 Å². The fraction of sp³-hybridized carbons (Fsp3) is 0.100. The average molecular weight is 334 g/mol. The molecule has 0 saturated heterocycles. The summed E-state index contributed by atoms with van der Waals surface area (Å²) in [5.74, 6) is 0. The molecule has 0 N–H and O–H groups in total. The molecule has 0 aliphatic rings. The third-order valence-electron chi connectivity index (χ3n) is 2.19. The van der Waals surface area contributed by atoms with Gasteiger partial charge in [-0.3, -0.25) is 4.98 Å². The van der Waals surface area contributed by atoms with Crippen LogP contribution in [0.3, 0.4) is 0 Å².